The van der Waals surface area contributed by atoms with Crippen LogP contribution in [-0.4, -0.2) is 10.2 Å². The zero-order valence-electron chi connectivity index (χ0n) is 7.05. The third-order valence-electron chi connectivity index (χ3n) is 1.68. The average Bonchev–Trinajstić information content (AvgIpc) is 2.58. The largest absolute Gasteiger partial charge is 0.409 e. The number of nitrogens with zero attached hydrogens (tertiary/aromatic N) is 1. The Kier molecular flexibility index (Phi) is 2.77. The van der Waals surface area contributed by atoms with Crippen LogP contribution in [-0.2, 0) is 0 Å². The molecule has 1 N–H and O–H groups in total. The van der Waals surface area contributed by atoms with E-state index in [1.165, 1.54) is 6.07 Å². The van der Waals surface area contributed by atoms with Crippen molar-refractivity contribution in [2.75, 3.05) is 0 Å². The van der Waals surface area contributed by atoms with Crippen LogP contribution in [0.4, 0.5) is 4.39 Å². The van der Waals surface area contributed by atoms with Crippen molar-refractivity contribution in [2.24, 2.45) is 0 Å². The summed E-state index contributed by atoms with van der Waals surface area (Å²) in [5, 5.41) is 6.32. The lowest BCUT2D eigenvalue weighted by Gasteiger charge is -2.00. The van der Waals surface area contributed by atoms with Crippen LogP contribution in [0, 0.1) is 10.7 Å². The minimum Gasteiger partial charge on any atom is -0.409 e. The topological polar surface area (TPSA) is 41.8 Å². The van der Waals surface area contributed by atoms with Gasteiger partial charge in [0.2, 0.25) is 5.89 Å². The minimum absolute atomic E-state index is 0.0575. The van der Waals surface area contributed by atoms with E-state index in [4.69, 9.17) is 27.6 Å². The first-order valence-corrected chi connectivity index (χ1v) is 4.95. The molecule has 0 aliphatic heterocycles. The highest BCUT2D eigenvalue weighted by Crippen LogP contribution is 2.30. The van der Waals surface area contributed by atoms with Gasteiger partial charge < -0.3 is 4.42 Å². The summed E-state index contributed by atoms with van der Waals surface area (Å²) in [5.41, 5.74) is 0.297. The van der Waals surface area contributed by atoms with Crippen molar-refractivity contribution in [3.05, 3.63) is 32.8 Å². The molecule has 0 aliphatic carbocycles. The van der Waals surface area contributed by atoms with E-state index in [9.17, 15) is 4.39 Å². The molecule has 7 heteroatoms. The summed E-state index contributed by atoms with van der Waals surface area (Å²) in [5.74, 6) is -0.472. The van der Waals surface area contributed by atoms with Crippen LogP contribution in [0.15, 0.2) is 16.5 Å². The molecule has 3 nitrogen and oxygen atoms in total. The van der Waals surface area contributed by atoms with E-state index in [2.05, 4.69) is 22.4 Å². The van der Waals surface area contributed by atoms with Gasteiger partial charge in [-0.15, -0.1) is 5.10 Å². The van der Waals surface area contributed by atoms with Gasteiger partial charge in [-0.25, -0.2) is 9.49 Å². The van der Waals surface area contributed by atoms with E-state index in [1.54, 1.807) is 0 Å². The lowest BCUT2D eigenvalue weighted by atomic mass is 10.2. The first-order chi connectivity index (χ1) is 7.08. The molecular formula is C8H3Cl2FN2OS. The van der Waals surface area contributed by atoms with E-state index in [1.807, 2.05) is 0 Å². The molecule has 0 fully saturated rings. The second-order valence-corrected chi connectivity index (χ2v) is 3.85. The van der Waals surface area contributed by atoms with Crippen molar-refractivity contribution in [2.45, 2.75) is 0 Å². The van der Waals surface area contributed by atoms with Crippen LogP contribution in [0.2, 0.25) is 10.0 Å². The van der Waals surface area contributed by atoms with E-state index in [0.29, 0.717) is 5.56 Å². The highest BCUT2D eigenvalue weighted by atomic mass is 35.5. The Bertz CT molecular complexity index is 566. The molecular weight excluding hydrogens is 262 g/mol. The average molecular weight is 265 g/mol. The molecule has 0 spiro atoms. The molecule has 2 rings (SSSR count). The van der Waals surface area contributed by atoms with Crippen LogP contribution < -0.4 is 0 Å². The Morgan fingerprint density at radius 2 is 2.07 bits per heavy atom. The van der Waals surface area contributed by atoms with Gasteiger partial charge in [-0.3, -0.25) is 0 Å². The maximum Gasteiger partial charge on any atom is 0.284 e. The Morgan fingerprint density at radius 3 is 2.67 bits per heavy atom. The quantitative estimate of drug-likeness (QED) is 0.629. The van der Waals surface area contributed by atoms with Crippen molar-refractivity contribution in [3.8, 4) is 11.5 Å². The Balaban J connectivity index is 2.63. The Hall–Kier alpha value is -0.910. The molecule has 0 bridgehead atoms. The molecule has 1 heterocycles. The molecule has 1 aromatic heterocycles. The van der Waals surface area contributed by atoms with Gasteiger partial charge in [-0.1, -0.05) is 23.2 Å². The number of halogens is 3. The zero-order valence-corrected chi connectivity index (χ0v) is 9.38. The number of hydrogen-bond donors (Lipinski definition) is 1. The summed E-state index contributed by atoms with van der Waals surface area (Å²) >= 11 is 16.1. The smallest absolute Gasteiger partial charge is 0.284 e. The van der Waals surface area contributed by atoms with Gasteiger partial charge in [0.15, 0.2) is 0 Å². The van der Waals surface area contributed by atoms with Crippen molar-refractivity contribution in [3.63, 3.8) is 0 Å². The fraction of sp³-hybridized carbons (Fsp3) is 0. The van der Waals surface area contributed by atoms with Crippen LogP contribution in [0.1, 0.15) is 0 Å². The van der Waals surface area contributed by atoms with Gasteiger partial charge in [-0.2, -0.15) is 0 Å². The molecule has 15 heavy (non-hydrogen) atoms. The number of aromatic nitrogens is 2. The van der Waals surface area contributed by atoms with Crippen molar-refractivity contribution < 1.29 is 8.81 Å². The number of nitrogens with one attached hydrogen (secondary N) is 1. The lowest BCUT2D eigenvalue weighted by molar-refractivity contribution is 0.551. The minimum atomic E-state index is -0.597. The van der Waals surface area contributed by atoms with Crippen LogP contribution in [0.3, 0.4) is 0 Å². The van der Waals surface area contributed by atoms with E-state index >= 15 is 0 Å². The number of benzene rings is 1. The number of H-pyrrole nitrogens is 1. The molecule has 0 atom stereocenters. The first kappa shape index (κ1) is 10.6. The summed E-state index contributed by atoms with van der Waals surface area (Å²) in [4.78, 5) is 0.0939. The molecule has 0 saturated carbocycles. The standard InChI is InChI=1S/C8H3Cl2FN2OS/c9-4-2-5(10)6(11)1-3(4)7-12-13-8(15)14-7/h1-2H,(H,13,15). The Morgan fingerprint density at radius 1 is 1.33 bits per heavy atom. The highest BCUT2D eigenvalue weighted by molar-refractivity contribution is 7.71. The molecule has 0 saturated heterocycles. The summed E-state index contributed by atoms with van der Waals surface area (Å²) in [7, 11) is 0. The zero-order chi connectivity index (χ0) is 11.0. The predicted octanol–water partition coefficient (Wildman–Crippen LogP) is 3.85. The van der Waals surface area contributed by atoms with Crippen LogP contribution >= 0.6 is 35.4 Å². The fourth-order valence-electron chi connectivity index (χ4n) is 1.03. The molecule has 78 valence electrons. The van der Waals surface area contributed by atoms with Crippen molar-refractivity contribution in [1.29, 1.82) is 0 Å². The number of hydrogen-bond acceptors (Lipinski definition) is 3. The highest BCUT2D eigenvalue weighted by Gasteiger charge is 2.12. The molecule has 0 radical (unpaired) electrons. The van der Waals surface area contributed by atoms with Crippen molar-refractivity contribution in [1.82, 2.24) is 10.2 Å². The third-order valence-corrected chi connectivity index (χ3v) is 2.46. The summed E-state index contributed by atoms with van der Waals surface area (Å²) in [6.07, 6.45) is 0. The third kappa shape index (κ3) is 2.04. The normalized spacial score (nSPS) is 10.6. The second-order valence-electron chi connectivity index (χ2n) is 2.66. The van der Waals surface area contributed by atoms with Crippen LogP contribution in [0.25, 0.3) is 11.5 Å². The van der Waals surface area contributed by atoms with Crippen molar-refractivity contribution >= 4 is 35.4 Å². The van der Waals surface area contributed by atoms with Gasteiger partial charge in [0, 0.05) is 0 Å². The van der Waals surface area contributed by atoms with E-state index < -0.39 is 5.82 Å². The summed E-state index contributed by atoms with van der Waals surface area (Å²) in [6.45, 7) is 0. The number of rotatable bonds is 1. The molecule has 1 aromatic carbocycles. The first-order valence-electron chi connectivity index (χ1n) is 3.78. The van der Waals surface area contributed by atoms with E-state index in [0.717, 1.165) is 6.07 Å². The molecule has 2 aromatic rings. The molecule has 0 aliphatic rings. The summed E-state index contributed by atoms with van der Waals surface area (Å²) < 4.78 is 18.2. The van der Waals surface area contributed by atoms with Crippen LogP contribution in [0.5, 0.6) is 0 Å². The predicted molar refractivity (Wildman–Crippen MR) is 57.1 cm³/mol. The molecule has 0 unspecified atom stereocenters. The maximum atomic E-state index is 13.2. The monoisotopic (exact) mass is 264 g/mol. The van der Waals surface area contributed by atoms with Gasteiger partial charge in [0.25, 0.3) is 4.84 Å². The number of aromatic amines is 1. The summed E-state index contributed by atoms with van der Waals surface area (Å²) in [6, 6.07) is 2.42. The lowest BCUT2D eigenvalue weighted by Crippen LogP contribution is -1.84. The molecule has 0 amide bonds. The second kappa shape index (κ2) is 3.92. The maximum absolute atomic E-state index is 13.2. The van der Waals surface area contributed by atoms with E-state index in [-0.39, 0.29) is 20.8 Å². The van der Waals surface area contributed by atoms with Gasteiger partial charge >= 0.3 is 0 Å². The van der Waals surface area contributed by atoms with Gasteiger partial charge in [0.1, 0.15) is 5.82 Å². The van der Waals surface area contributed by atoms with Gasteiger partial charge in [-0.05, 0) is 24.4 Å². The SMILES string of the molecule is Fc1cc(-c2n[nH]c(=S)o2)c(Cl)cc1Cl. The van der Waals surface area contributed by atoms with Gasteiger partial charge in [0.05, 0.1) is 15.6 Å². The Labute approximate surface area is 98.8 Å². The fourth-order valence-corrected chi connectivity index (χ4v) is 1.62.